The van der Waals surface area contributed by atoms with Gasteiger partial charge in [-0.05, 0) is 24.3 Å². The van der Waals surface area contributed by atoms with E-state index in [1.54, 1.807) is 30.6 Å². The minimum Gasteiger partial charge on any atom is -0.479 e. The van der Waals surface area contributed by atoms with E-state index < -0.39 is 12.0 Å². The van der Waals surface area contributed by atoms with Crippen LogP contribution in [0.15, 0.2) is 30.2 Å². The van der Waals surface area contributed by atoms with Crippen molar-refractivity contribution in [2.45, 2.75) is 18.9 Å². The highest BCUT2D eigenvalue weighted by atomic mass is 32.1. The lowest BCUT2D eigenvalue weighted by molar-refractivity contribution is -0.139. The van der Waals surface area contributed by atoms with Gasteiger partial charge in [0.1, 0.15) is 0 Å². The maximum Gasteiger partial charge on any atom is 0.331 e. The smallest absolute Gasteiger partial charge is 0.331 e. The van der Waals surface area contributed by atoms with Gasteiger partial charge in [0.25, 0.3) is 0 Å². The van der Waals surface area contributed by atoms with Crippen molar-refractivity contribution in [1.29, 1.82) is 0 Å². The molecule has 2 amide bonds. The van der Waals surface area contributed by atoms with Gasteiger partial charge in [-0.2, -0.15) is 0 Å². The molecule has 0 aliphatic heterocycles. The quantitative estimate of drug-likeness (QED) is 0.596. The van der Waals surface area contributed by atoms with Gasteiger partial charge in [-0.15, -0.1) is 17.9 Å². The molecule has 0 radical (unpaired) electrons. The van der Waals surface area contributed by atoms with E-state index in [0.717, 1.165) is 12.8 Å². The summed E-state index contributed by atoms with van der Waals surface area (Å²) in [5, 5.41) is 13.5. The lowest BCUT2D eigenvalue weighted by Crippen LogP contribution is -2.42. The number of amides is 2. The van der Waals surface area contributed by atoms with Gasteiger partial charge in [-0.3, -0.25) is 0 Å². The van der Waals surface area contributed by atoms with Crippen LogP contribution < -0.4 is 5.32 Å². The molecule has 1 aromatic rings. The van der Waals surface area contributed by atoms with Crippen LogP contribution in [0, 0.1) is 0 Å². The first kappa shape index (κ1) is 15.2. The summed E-state index contributed by atoms with van der Waals surface area (Å²) >= 11 is 1.31. The topological polar surface area (TPSA) is 69.6 Å². The molecule has 1 heterocycles. The number of thiophene rings is 1. The second-order valence-corrected chi connectivity index (χ2v) is 5.07. The predicted octanol–water partition coefficient (Wildman–Crippen LogP) is 2.48. The van der Waals surface area contributed by atoms with E-state index in [9.17, 15) is 9.59 Å². The molecule has 0 aliphatic carbocycles. The zero-order valence-electron chi connectivity index (χ0n) is 10.8. The van der Waals surface area contributed by atoms with E-state index >= 15 is 0 Å². The van der Waals surface area contributed by atoms with E-state index in [4.69, 9.17) is 5.11 Å². The molecule has 2 N–H and O–H groups in total. The summed E-state index contributed by atoms with van der Waals surface area (Å²) in [4.78, 5) is 25.1. The molecule has 5 nitrogen and oxygen atoms in total. The van der Waals surface area contributed by atoms with E-state index in [1.165, 1.54) is 16.2 Å². The molecule has 1 aromatic heterocycles. The molecule has 0 bridgehead atoms. The first-order valence-electron chi connectivity index (χ1n) is 5.95. The van der Waals surface area contributed by atoms with E-state index in [-0.39, 0.29) is 6.03 Å². The summed E-state index contributed by atoms with van der Waals surface area (Å²) < 4.78 is 0. The Morgan fingerprint density at radius 1 is 1.63 bits per heavy atom. The fraction of sp³-hybridized carbons (Fsp3) is 0.385. The monoisotopic (exact) mass is 282 g/mol. The number of aliphatic carboxylic acids is 1. The van der Waals surface area contributed by atoms with Crippen LogP contribution in [0.2, 0.25) is 0 Å². The third-order valence-electron chi connectivity index (χ3n) is 2.59. The standard InChI is InChI=1S/C13H18N2O3S/c1-3-4-5-8-15(2)13(18)14-11(12(16)17)10-7-6-9-19-10/h3,6-7,9,11H,1,4-5,8H2,2H3,(H,14,18)(H,16,17). The average molecular weight is 282 g/mol. The molecular formula is C13H18N2O3S. The van der Waals surface area contributed by atoms with Crippen LogP contribution in [0.25, 0.3) is 0 Å². The second-order valence-electron chi connectivity index (χ2n) is 4.09. The number of hydrogen-bond donors (Lipinski definition) is 2. The number of nitrogens with one attached hydrogen (secondary N) is 1. The second kappa shape index (κ2) is 7.58. The summed E-state index contributed by atoms with van der Waals surface area (Å²) in [6.45, 7) is 4.18. The van der Waals surface area contributed by atoms with E-state index in [2.05, 4.69) is 11.9 Å². The van der Waals surface area contributed by atoms with Crippen LogP contribution in [0.4, 0.5) is 4.79 Å². The van der Waals surface area contributed by atoms with Crippen molar-refractivity contribution in [3.8, 4) is 0 Å². The molecule has 0 aromatic carbocycles. The van der Waals surface area contributed by atoms with E-state index in [0.29, 0.717) is 11.4 Å². The van der Waals surface area contributed by atoms with Gasteiger partial charge in [-0.1, -0.05) is 12.1 Å². The summed E-state index contributed by atoms with van der Waals surface area (Å²) in [5.74, 6) is -1.06. The van der Waals surface area contributed by atoms with Crippen molar-refractivity contribution in [3.05, 3.63) is 35.0 Å². The normalized spacial score (nSPS) is 11.6. The Kier molecular flexibility index (Phi) is 6.08. The Bertz CT molecular complexity index is 431. The van der Waals surface area contributed by atoms with Crippen LogP contribution in [0.3, 0.4) is 0 Å². The minimum atomic E-state index is -1.06. The van der Waals surface area contributed by atoms with E-state index in [1.807, 2.05) is 0 Å². The number of urea groups is 1. The Morgan fingerprint density at radius 3 is 2.89 bits per heavy atom. The molecule has 1 atom stereocenters. The lowest BCUT2D eigenvalue weighted by Gasteiger charge is -2.20. The average Bonchev–Trinajstić information content (AvgIpc) is 2.88. The maximum absolute atomic E-state index is 11.9. The van der Waals surface area contributed by atoms with Gasteiger partial charge >= 0.3 is 12.0 Å². The molecule has 1 unspecified atom stereocenters. The number of rotatable bonds is 7. The molecule has 0 fully saturated rings. The fourth-order valence-corrected chi connectivity index (χ4v) is 2.29. The number of carbonyl (C=O) groups is 2. The number of unbranched alkanes of at least 4 members (excludes halogenated alkanes) is 1. The zero-order valence-corrected chi connectivity index (χ0v) is 11.7. The number of hydrogen-bond acceptors (Lipinski definition) is 3. The molecule has 19 heavy (non-hydrogen) atoms. The summed E-state index contributed by atoms with van der Waals surface area (Å²) in [6, 6.07) is 2.08. The van der Waals surface area contributed by atoms with Crippen LogP contribution in [0.1, 0.15) is 23.8 Å². The SMILES string of the molecule is C=CCCCN(C)C(=O)NC(C(=O)O)c1cccs1. The number of carboxylic acid groups (broad SMARTS) is 1. The Morgan fingerprint density at radius 2 is 2.37 bits per heavy atom. The molecular weight excluding hydrogens is 264 g/mol. The number of carboxylic acids is 1. The number of allylic oxidation sites excluding steroid dienone is 1. The largest absolute Gasteiger partial charge is 0.479 e. The van der Waals surface area contributed by atoms with Crippen molar-refractivity contribution < 1.29 is 14.7 Å². The predicted molar refractivity (Wildman–Crippen MR) is 75.3 cm³/mol. The maximum atomic E-state index is 11.9. The van der Waals surface area contributed by atoms with Gasteiger partial charge in [0.05, 0.1) is 0 Å². The minimum absolute atomic E-state index is 0.384. The Balaban J connectivity index is 2.57. The van der Waals surface area contributed by atoms with Gasteiger partial charge in [0.15, 0.2) is 6.04 Å². The van der Waals surface area contributed by atoms with Crippen molar-refractivity contribution in [3.63, 3.8) is 0 Å². The van der Waals surface area contributed by atoms with Gasteiger partial charge in [-0.25, -0.2) is 9.59 Å². The fourth-order valence-electron chi connectivity index (χ4n) is 1.52. The van der Waals surface area contributed by atoms with Crippen molar-refractivity contribution in [2.24, 2.45) is 0 Å². The molecule has 0 saturated carbocycles. The van der Waals surface area contributed by atoms with Crippen LogP contribution in [-0.4, -0.2) is 35.6 Å². The number of carbonyl (C=O) groups excluding carboxylic acids is 1. The highest BCUT2D eigenvalue weighted by Crippen LogP contribution is 2.19. The number of nitrogens with zero attached hydrogens (tertiary/aromatic N) is 1. The van der Waals surface area contributed by atoms with Crippen LogP contribution in [-0.2, 0) is 4.79 Å². The highest BCUT2D eigenvalue weighted by Gasteiger charge is 2.24. The Labute approximate surface area is 116 Å². The third-order valence-corrected chi connectivity index (χ3v) is 3.53. The first-order chi connectivity index (χ1) is 9.06. The van der Waals surface area contributed by atoms with Crippen molar-refractivity contribution >= 4 is 23.3 Å². The van der Waals surface area contributed by atoms with Gasteiger partial charge in [0, 0.05) is 18.5 Å². The summed E-state index contributed by atoms with van der Waals surface area (Å²) in [7, 11) is 1.64. The Hall–Kier alpha value is -1.82. The molecule has 0 saturated heterocycles. The first-order valence-corrected chi connectivity index (χ1v) is 6.83. The van der Waals surface area contributed by atoms with Gasteiger partial charge < -0.3 is 15.3 Å². The summed E-state index contributed by atoms with van der Waals surface area (Å²) in [6.07, 6.45) is 3.42. The third kappa shape index (κ3) is 4.75. The molecule has 0 spiro atoms. The molecule has 104 valence electrons. The zero-order chi connectivity index (χ0) is 14.3. The van der Waals surface area contributed by atoms with Crippen molar-refractivity contribution in [2.75, 3.05) is 13.6 Å². The van der Waals surface area contributed by atoms with Gasteiger partial charge in [0.2, 0.25) is 0 Å². The van der Waals surface area contributed by atoms with Crippen LogP contribution in [0.5, 0.6) is 0 Å². The van der Waals surface area contributed by atoms with Crippen molar-refractivity contribution in [1.82, 2.24) is 10.2 Å². The molecule has 1 rings (SSSR count). The lowest BCUT2D eigenvalue weighted by atomic mass is 10.2. The molecule has 6 heteroatoms. The van der Waals surface area contributed by atoms with Crippen LogP contribution >= 0.6 is 11.3 Å². The summed E-state index contributed by atoms with van der Waals surface area (Å²) in [5.41, 5.74) is 0. The molecule has 0 aliphatic rings. The highest BCUT2D eigenvalue weighted by molar-refractivity contribution is 7.10.